The molecule has 0 amide bonds. The summed E-state index contributed by atoms with van der Waals surface area (Å²) in [5.74, 6) is 0.827. The summed E-state index contributed by atoms with van der Waals surface area (Å²) in [7, 11) is 2.13. The molecule has 0 aliphatic heterocycles. The van der Waals surface area contributed by atoms with Crippen LogP contribution in [0.1, 0.15) is 36.8 Å². The highest BCUT2D eigenvalue weighted by Crippen LogP contribution is 2.42. The second-order valence-corrected chi connectivity index (χ2v) is 9.09. The van der Waals surface area contributed by atoms with Crippen LogP contribution in [0.4, 0.5) is 0 Å². The lowest BCUT2D eigenvalue weighted by atomic mass is 9.92. The fourth-order valence-electron chi connectivity index (χ4n) is 5.55. The summed E-state index contributed by atoms with van der Waals surface area (Å²) in [4.78, 5) is 4.52. The van der Waals surface area contributed by atoms with Gasteiger partial charge in [-0.2, -0.15) is 0 Å². The van der Waals surface area contributed by atoms with Gasteiger partial charge < -0.3 is 4.42 Å². The molecule has 0 bridgehead atoms. The third-order valence-electron chi connectivity index (χ3n) is 7.14. The Morgan fingerprint density at radius 3 is 2.61 bits per heavy atom. The molecule has 1 aliphatic rings. The first kappa shape index (κ1) is 18.6. The van der Waals surface area contributed by atoms with Crippen molar-refractivity contribution >= 4 is 32.8 Å². The zero-order valence-corrected chi connectivity index (χ0v) is 18.2. The molecule has 0 atom stereocenters. The first-order valence-electron chi connectivity index (χ1n) is 11.4. The second-order valence-electron chi connectivity index (χ2n) is 9.09. The monoisotopic (exact) mass is 407 g/mol. The first-order valence-corrected chi connectivity index (χ1v) is 11.4. The molecule has 3 heterocycles. The van der Waals surface area contributed by atoms with Crippen molar-refractivity contribution in [3.63, 3.8) is 0 Å². The lowest BCUT2D eigenvalue weighted by Gasteiger charge is -2.12. The van der Waals surface area contributed by atoms with Gasteiger partial charge in [0.1, 0.15) is 7.05 Å². The van der Waals surface area contributed by atoms with Crippen molar-refractivity contribution in [2.24, 2.45) is 13.0 Å². The molecule has 6 rings (SSSR count). The molecule has 31 heavy (non-hydrogen) atoms. The van der Waals surface area contributed by atoms with Crippen molar-refractivity contribution in [3.8, 4) is 11.3 Å². The van der Waals surface area contributed by atoms with Gasteiger partial charge in [-0.25, -0.2) is 9.55 Å². The highest BCUT2D eigenvalue weighted by atomic mass is 16.3. The number of hydrogen-bond donors (Lipinski definition) is 0. The number of benzene rings is 2. The topological polar surface area (TPSA) is 29.9 Å². The van der Waals surface area contributed by atoms with Gasteiger partial charge >= 0.3 is 0 Å². The van der Waals surface area contributed by atoms with E-state index in [0.29, 0.717) is 5.71 Å². The lowest BCUT2D eigenvalue weighted by Crippen LogP contribution is -2.31. The van der Waals surface area contributed by atoms with Gasteiger partial charge in [-0.1, -0.05) is 49.9 Å². The minimum absolute atomic E-state index is 0.708. The van der Waals surface area contributed by atoms with E-state index in [4.69, 9.17) is 4.42 Å². The van der Waals surface area contributed by atoms with Gasteiger partial charge in [0.05, 0.1) is 5.56 Å². The van der Waals surface area contributed by atoms with Crippen LogP contribution >= 0.6 is 0 Å². The number of fused-ring (bicyclic) bond motifs is 5. The van der Waals surface area contributed by atoms with Gasteiger partial charge in [0.2, 0.25) is 11.4 Å². The fourth-order valence-corrected chi connectivity index (χ4v) is 5.55. The highest BCUT2D eigenvalue weighted by Gasteiger charge is 2.25. The maximum Gasteiger partial charge on any atom is 0.227 e. The minimum Gasteiger partial charge on any atom is -0.437 e. The molecule has 0 radical (unpaired) electrons. The summed E-state index contributed by atoms with van der Waals surface area (Å²) in [6, 6.07) is 17.5. The van der Waals surface area contributed by atoms with Crippen LogP contribution in [0.3, 0.4) is 0 Å². The molecule has 1 aliphatic carbocycles. The average Bonchev–Trinajstić information content (AvgIpc) is 3.43. The van der Waals surface area contributed by atoms with Gasteiger partial charge in [0, 0.05) is 29.1 Å². The molecule has 2 aromatic carbocycles. The number of nitrogens with zero attached hydrogens (tertiary/aromatic N) is 2. The molecular weight excluding hydrogens is 380 g/mol. The van der Waals surface area contributed by atoms with Crippen molar-refractivity contribution in [1.29, 1.82) is 0 Å². The minimum atomic E-state index is 0.708. The van der Waals surface area contributed by atoms with E-state index in [9.17, 15) is 0 Å². The summed E-state index contributed by atoms with van der Waals surface area (Å²) < 4.78 is 8.66. The van der Waals surface area contributed by atoms with Crippen LogP contribution in [0, 0.1) is 12.8 Å². The third kappa shape index (κ3) is 2.95. The van der Waals surface area contributed by atoms with Gasteiger partial charge in [-0.3, -0.25) is 0 Å². The number of hydrogen-bond acceptors (Lipinski definition) is 2. The summed E-state index contributed by atoms with van der Waals surface area (Å²) in [6.07, 6.45) is 10.7. The molecule has 1 fully saturated rings. The highest BCUT2D eigenvalue weighted by molar-refractivity contribution is 6.22. The molecule has 1 saturated carbocycles. The third-order valence-corrected chi connectivity index (χ3v) is 7.14. The molecule has 3 heteroatoms. The quantitative estimate of drug-likeness (QED) is 0.313. The molecule has 3 nitrogen and oxygen atoms in total. The Hall–Kier alpha value is -3.20. The number of furan rings is 1. The predicted molar refractivity (Wildman–Crippen MR) is 126 cm³/mol. The molecule has 0 spiro atoms. The van der Waals surface area contributed by atoms with E-state index in [-0.39, 0.29) is 0 Å². The van der Waals surface area contributed by atoms with E-state index in [1.165, 1.54) is 70.6 Å². The maximum atomic E-state index is 6.43. The zero-order valence-electron chi connectivity index (χ0n) is 18.2. The van der Waals surface area contributed by atoms with E-state index in [1.54, 1.807) is 0 Å². The van der Waals surface area contributed by atoms with E-state index in [1.807, 2.05) is 12.3 Å². The normalized spacial score (nSPS) is 14.9. The molecule has 0 N–H and O–H groups in total. The number of rotatable bonds is 3. The Bertz CT molecular complexity index is 1440. The van der Waals surface area contributed by atoms with Crippen molar-refractivity contribution in [2.45, 2.75) is 39.0 Å². The van der Waals surface area contributed by atoms with Crippen molar-refractivity contribution in [1.82, 2.24) is 4.98 Å². The summed E-state index contributed by atoms with van der Waals surface area (Å²) >= 11 is 0. The van der Waals surface area contributed by atoms with Crippen molar-refractivity contribution < 1.29 is 8.98 Å². The van der Waals surface area contributed by atoms with Crippen LogP contribution in [0.15, 0.2) is 65.3 Å². The maximum absolute atomic E-state index is 6.43. The Balaban J connectivity index is 1.66. The largest absolute Gasteiger partial charge is 0.437 e. The van der Waals surface area contributed by atoms with Gasteiger partial charge in [-0.05, 0) is 53.3 Å². The van der Waals surface area contributed by atoms with Crippen molar-refractivity contribution in [3.05, 3.63) is 72.1 Å². The number of aryl methyl sites for hydroxylation is 2. The molecular formula is C28H27N2O+. The molecule has 0 saturated heterocycles. The zero-order chi connectivity index (χ0) is 20.9. The van der Waals surface area contributed by atoms with Gasteiger partial charge in [0.15, 0.2) is 11.8 Å². The Kier molecular flexibility index (Phi) is 4.31. The second kappa shape index (κ2) is 7.19. The van der Waals surface area contributed by atoms with E-state index in [2.05, 4.69) is 72.2 Å². The van der Waals surface area contributed by atoms with Gasteiger partial charge in [-0.15, -0.1) is 0 Å². The summed E-state index contributed by atoms with van der Waals surface area (Å²) in [6.45, 7) is 2.22. The number of pyridine rings is 2. The Morgan fingerprint density at radius 1 is 1.00 bits per heavy atom. The predicted octanol–water partition coefficient (Wildman–Crippen LogP) is 6.67. The summed E-state index contributed by atoms with van der Waals surface area (Å²) in [5, 5.41) is 4.76. The molecule has 0 unspecified atom stereocenters. The summed E-state index contributed by atoms with van der Waals surface area (Å²) in [5.41, 5.74) is 6.73. The molecule has 3 aromatic heterocycles. The fraction of sp³-hybridized carbons (Fsp3) is 0.286. The first-order chi connectivity index (χ1) is 15.2. The molecule has 154 valence electrons. The van der Waals surface area contributed by atoms with Crippen LogP contribution in [0.25, 0.3) is 44.1 Å². The molecule has 5 aromatic rings. The standard InChI is InChI=1S/C28H27N2O/c1-18-21-10-5-6-11-22(21)26-23-12-7-14-29-28(23)31-27(26)25(18)24-17-20(13-15-30(24)2)16-19-8-3-4-9-19/h5-7,10-15,17,19H,3-4,8-9,16H2,1-2H3/q+1. The SMILES string of the molecule is Cc1c(-c2cc(CC3CCCC3)cc[n+]2C)c2oc3ncccc3c2c2ccccc12. The van der Waals surface area contributed by atoms with Crippen LogP contribution < -0.4 is 4.57 Å². The van der Waals surface area contributed by atoms with E-state index in [0.717, 1.165) is 16.9 Å². The smallest absolute Gasteiger partial charge is 0.227 e. The van der Waals surface area contributed by atoms with E-state index >= 15 is 0 Å². The Morgan fingerprint density at radius 2 is 1.77 bits per heavy atom. The Labute approximate surface area is 182 Å². The van der Waals surface area contributed by atoms with Crippen LogP contribution in [0.2, 0.25) is 0 Å². The van der Waals surface area contributed by atoms with E-state index < -0.39 is 0 Å². The van der Waals surface area contributed by atoms with Crippen LogP contribution in [-0.2, 0) is 13.5 Å². The lowest BCUT2D eigenvalue weighted by molar-refractivity contribution is -0.660. The average molecular weight is 408 g/mol. The van der Waals surface area contributed by atoms with Gasteiger partial charge in [0.25, 0.3) is 0 Å². The number of aromatic nitrogens is 2. The van der Waals surface area contributed by atoms with Crippen molar-refractivity contribution in [2.75, 3.05) is 0 Å². The van der Waals surface area contributed by atoms with Crippen LogP contribution in [-0.4, -0.2) is 4.98 Å². The van der Waals surface area contributed by atoms with Crippen LogP contribution in [0.5, 0.6) is 0 Å².